The van der Waals surface area contributed by atoms with E-state index < -0.39 is 11.7 Å². The first-order valence-electron chi connectivity index (χ1n) is 6.29. The molecular weight excluding hydrogens is 233 g/mol. The number of carbonyl (C=O) groups is 1. The highest BCUT2D eigenvalue weighted by Gasteiger charge is 2.21. The molecule has 1 amide bonds. The predicted molar refractivity (Wildman–Crippen MR) is 69.1 cm³/mol. The second-order valence-corrected chi connectivity index (χ2v) is 4.47. The molecule has 0 aliphatic rings. The van der Waals surface area contributed by atoms with Crippen molar-refractivity contribution in [1.82, 2.24) is 5.32 Å². The Hall–Kier alpha value is -1.58. The zero-order chi connectivity index (χ0) is 13.7. The molecule has 0 aromatic heterocycles. The lowest BCUT2D eigenvalue weighted by Gasteiger charge is -2.22. The molecule has 2 N–H and O–H groups in total. The Bertz CT molecular complexity index is 396. The van der Waals surface area contributed by atoms with Crippen LogP contribution >= 0.6 is 0 Å². The van der Waals surface area contributed by atoms with Gasteiger partial charge in [-0.1, -0.05) is 32.8 Å². The van der Waals surface area contributed by atoms with E-state index in [0.717, 1.165) is 18.9 Å². The van der Waals surface area contributed by atoms with Crippen LogP contribution in [0.25, 0.3) is 0 Å². The first-order valence-corrected chi connectivity index (χ1v) is 6.29. The molecule has 1 aromatic carbocycles. The van der Waals surface area contributed by atoms with E-state index >= 15 is 0 Å². The number of benzene rings is 1. The van der Waals surface area contributed by atoms with Gasteiger partial charge in [0.15, 0.2) is 0 Å². The fourth-order valence-corrected chi connectivity index (χ4v) is 2.13. The van der Waals surface area contributed by atoms with E-state index in [0.29, 0.717) is 5.92 Å². The van der Waals surface area contributed by atoms with Crippen molar-refractivity contribution in [1.29, 1.82) is 0 Å². The Morgan fingerprint density at radius 3 is 2.50 bits per heavy atom. The van der Waals surface area contributed by atoms with Crippen molar-refractivity contribution in [2.45, 2.75) is 39.7 Å². The van der Waals surface area contributed by atoms with E-state index in [1.54, 1.807) is 0 Å². The number of carbonyl (C=O) groups excluding carboxylic acids is 1. The van der Waals surface area contributed by atoms with Crippen LogP contribution in [0.15, 0.2) is 18.2 Å². The van der Waals surface area contributed by atoms with Gasteiger partial charge in [0.2, 0.25) is 0 Å². The van der Waals surface area contributed by atoms with E-state index in [-0.39, 0.29) is 17.4 Å². The summed E-state index contributed by atoms with van der Waals surface area (Å²) in [5.41, 5.74) is -0.282. The highest BCUT2D eigenvalue weighted by atomic mass is 19.1. The average molecular weight is 253 g/mol. The highest BCUT2D eigenvalue weighted by Crippen LogP contribution is 2.20. The molecule has 1 rings (SSSR count). The number of phenols is 1. The summed E-state index contributed by atoms with van der Waals surface area (Å²) < 4.78 is 13.5. The molecule has 0 saturated carbocycles. The number of amides is 1. The van der Waals surface area contributed by atoms with E-state index in [1.807, 2.05) is 6.92 Å². The lowest BCUT2D eigenvalue weighted by atomic mass is 9.95. The third-order valence-electron chi connectivity index (χ3n) is 3.33. The van der Waals surface area contributed by atoms with Gasteiger partial charge in [-0.15, -0.1) is 0 Å². The molecule has 0 aliphatic carbocycles. The molecule has 0 spiro atoms. The fraction of sp³-hybridized carbons (Fsp3) is 0.500. The maximum Gasteiger partial charge on any atom is 0.258 e. The number of hydrogen-bond donors (Lipinski definition) is 2. The molecule has 0 fully saturated rings. The average Bonchev–Trinajstić information content (AvgIpc) is 2.30. The molecule has 1 aromatic rings. The molecule has 18 heavy (non-hydrogen) atoms. The number of phenolic OH excluding ortho intramolecular Hbond substituents is 1. The zero-order valence-electron chi connectivity index (χ0n) is 11.0. The van der Waals surface area contributed by atoms with Gasteiger partial charge in [-0.25, -0.2) is 4.39 Å². The van der Waals surface area contributed by atoms with Crippen molar-refractivity contribution in [3.8, 4) is 5.75 Å². The van der Waals surface area contributed by atoms with Crippen molar-refractivity contribution < 1.29 is 14.3 Å². The van der Waals surface area contributed by atoms with Crippen LogP contribution in [-0.2, 0) is 0 Å². The molecular formula is C14H20FNO2. The van der Waals surface area contributed by atoms with Crippen LogP contribution in [0, 0.1) is 11.7 Å². The summed E-state index contributed by atoms with van der Waals surface area (Å²) >= 11 is 0. The van der Waals surface area contributed by atoms with Crippen LogP contribution in [0.4, 0.5) is 4.39 Å². The lowest BCUT2D eigenvalue weighted by molar-refractivity contribution is 0.0918. The summed E-state index contributed by atoms with van der Waals surface area (Å²) in [5.74, 6) is -1.25. The van der Waals surface area contributed by atoms with Crippen LogP contribution in [0.1, 0.15) is 44.0 Å². The van der Waals surface area contributed by atoms with Crippen LogP contribution in [0.2, 0.25) is 0 Å². The molecule has 1 unspecified atom stereocenters. The van der Waals surface area contributed by atoms with Gasteiger partial charge in [0.25, 0.3) is 5.91 Å². The third kappa shape index (κ3) is 3.22. The van der Waals surface area contributed by atoms with Crippen molar-refractivity contribution in [2.75, 3.05) is 0 Å². The van der Waals surface area contributed by atoms with Crippen LogP contribution in [-0.4, -0.2) is 17.1 Å². The van der Waals surface area contributed by atoms with Gasteiger partial charge >= 0.3 is 0 Å². The van der Waals surface area contributed by atoms with Gasteiger partial charge < -0.3 is 10.4 Å². The largest absolute Gasteiger partial charge is 0.507 e. The Morgan fingerprint density at radius 1 is 1.39 bits per heavy atom. The molecule has 0 aliphatic heterocycles. The predicted octanol–water partition coefficient (Wildman–Crippen LogP) is 3.09. The first-order chi connectivity index (χ1) is 8.51. The molecule has 4 heteroatoms. The molecule has 1 atom stereocenters. The maximum absolute atomic E-state index is 13.5. The monoisotopic (exact) mass is 253 g/mol. The number of aromatic hydroxyl groups is 1. The van der Waals surface area contributed by atoms with Crippen molar-refractivity contribution in [2.24, 2.45) is 5.92 Å². The van der Waals surface area contributed by atoms with Crippen molar-refractivity contribution in [3.05, 3.63) is 29.6 Å². The SMILES string of the molecule is CCC(CC)C(C)NC(=O)c1c(O)cccc1F. The van der Waals surface area contributed by atoms with Crippen LogP contribution in [0.3, 0.4) is 0 Å². The quantitative estimate of drug-likeness (QED) is 0.847. The van der Waals surface area contributed by atoms with E-state index in [2.05, 4.69) is 19.2 Å². The van der Waals surface area contributed by atoms with Crippen LogP contribution < -0.4 is 5.32 Å². The molecule has 0 bridgehead atoms. The molecule has 0 radical (unpaired) electrons. The number of halogens is 1. The summed E-state index contributed by atoms with van der Waals surface area (Å²) in [6.07, 6.45) is 1.89. The van der Waals surface area contributed by atoms with Crippen molar-refractivity contribution >= 4 is 5.91 Å². The van der Waals surface area contributed by atoms with E-state index in [9.17, 15) is 14.3 Å². The minimum Gasteiger partial charge on any atom is -0.507 e. The van der Waals surface area contributed by atoms with E-state index in [4.69, 9.17) is 0 Å². The minimum absolute atomic E-state index is 0.0495. The topological polar surface area (TPSA) is 49.3 Å². The van der Waals surface area contributed by atoms with Gasteiger partial charge in [-0.05, 0) is 25.0 Å². The molecule has 0 heterocycles. The standard InChI is InChI=1S/C14H20FNO2/c1-4-10(5-2)9(3)16-14(18)13-11(15)7-6-8-12(13)17/h6-10,17H,4-5H2,1-3H3,(H,16,18). The summed E-state index contributed by atoms with van der Waals surface area (Å²) in [7, 11) is 0. The maximum atomic E-state index is 13.5. The Labute approximate surface area is 107 Å². The number of nitrogens with one attached hydrogen (secondary N) is 1. The Balaban J connectivity index is 2.83. The Morgan fingerprint density at radius 2 is 2.00 bits per heavy atom. The highest BCUT2D eigenvalue weighted by molar-refractivity contribution is 5.97. The summed E-state index contributed by atoms with van der Waals surface area (Å²) in [5, 5.41) is 12.3. The van der Waals surface area contributed by atoms with Crippen molar-refractivity contribution in [3.63, 3.8) is 0 Å². The third-order valence-corrected chi connectivity index (χ3v) is 3.33. The smallest absolute Gasteiger partial charge is 0.258 e. The van der Waals surface area contributed by atoms with Gasteiger partial charge in [-0.2, -0.15) is 0 Å². The zero-order valence-corrected chi connectivity index (χ0v) is 11.0. The normalized spacial score (nSPS) is 12.5. The second-order valence-electron chi connectivity index (χ2n) is 4.47. The van der Waals surface area contributed by atoms with E-state index in [1.165, 1.54) is 12.1 Å². The summed E-state index contributed by atoms with van der Waals surface area (Å²) in [6, 6.07) is 3.79. The van der Waals surface area contributed by atoms with Gasteiger partial charge in [0.05, 0.1) is 0 Å². The fourth-order valence-electron chi connectivity index (χ4n) is 2.13. The minimum atomic E-state index is -0.704. The summed E-state index contributed by atoms with van der Waals surface area (Å²) in [6.45, 7) is 6.00. The van der Waals surface area contributed by atoms with Gasteiger partial charge in [0, 0.05) is 6.04 Å². The molecule has 100 valence electrons. The van der Waals surface area contributed by atoms with Gasteiger partial charge in [-0.3, -0.25) is 4.79 Å². The first kappa shape index (κ1) is 14.5. The molecule has 0 saturated heterocycles. The van der Waals surface area contributed by atoms with Crippen LogP contribution in [0.5, 0.6) is 5.75 Å². The van der Waals surface area contributed by atoms with Gasteiger partial charge in [0.1, 0.15) is 17.1 Å². The Kier molecular flexibility index (Phi) is 5.13. The summed E-state index contributed by atoms with van der Waals surface area (Å²) in [4.78, 5) is 11.9. The lowest BCUT2D eigenvalue weighted by Crippen LogP contribution is -2.38. The number of hydrogen-bond acceptors (Lipinski definition) is 2. The molecule has 3 nitrogen and oxygen atoms in total. The number of rotatable bonds is 5. The second kappa shape index (κ2) is 6.38.